The maximum Gasteiger partial charge on any atom is 0.252 e. The Morgan fingerprint density at radius 1 is 1.60 bits per heavy atom. The number of carbonyl (C=O) groups is 1. The number of nitrogens with zero attached hydrogens (tertiary/aromatic N) is 1. The lowest BCUT2D eigenvalue weighted by atomic mass is 10.1. The van der Waals surface area contributed by atoms with E-state index in [1.54, 1.807) is 25.3 Å². The van der Waals surface area contributed by atoms with Crippen LogP contribution in [0.2, 0.25) is 0 Å². The molecule has 0 aliphatic heterocycles. The van der Waals surface area contributed by atoms with Gasteiger partial charge in [-0.25, -0.2) is 0 Å². The van der Waals surface area contributed by atoms with E-state index in [0.717, 1.165) is 11.3 Å². The van der Waals surface area contributed by atoms with Crippen molar-refractivity contribution in [2.75, 3.05) is 13.7 Å². The first-order valence-electron chi connectivity index (χ1n) is 4.49. The molecule has 0 atom stereocenters. The van der Waals surface area contributed by atoms with Crippen molar-refractivity contribution in [2.24, 2.45) is 0 Å². The molecule has 1 N–H and O–H groups in total. The Kier molecular flexibility index (Phi) is 3.69. The number of benzene rings is 1. The Morgan fingerprint density at radius 3 is 2.87 bits per heavy atom. The van der Waals surface area contributed by atoms with E-state index < -0.39 is 0 Å². The van der Waals surface area contributed by atoms with Crippen LogP contribution in [0.25, 0.3) is 0 Å². The highest BCUT2D eigenvalue weighted by Gasteiger charge is 2.06. The standard InChI is InChI=1S/C11H12N2O2/c1-8-7-9(3-4-10(8)15-2)11(14)13-6-5-12/h3-4,7H,6H2,1-2H3,(H,13,14). The summed E-state index contributed by atoms with van der Waals surface area (Å²) < 4.78 is 5.08. The van der Waals surface area contributed by atoms with Crippen LogP contribution in [0.15, 0.2) is 18.2 Å². The molecule has 4 nitrogen and oxygen atoms in total. The number of carbonyl (C=O) groups excluding carboxylic acids is 1. The van der Waals surface area contributed by atoms with Crippen LogP contribution >= 0.6 is 0 Å². The zero-order chi connectivity index (χ0) is 11.3. The van der Waals surface area contributed by atoms with Crippen LogP contribution in [0.1, 0.15) is 15.9 Å². The van der Waals surface area contributed by atoms with Crippen LogP contribution < -0.4 is 10.1 Å². The van der Waals surface area contributed by atoms with E-state index >= 15 is 0 Å². The molecule has 1 rings (SSSR count). The molecule has 1 amide bonds. The van der Waals surface area contributed by atoms with Gasteiger partial charge in [0.1, 0.15) is 12.3 Å². The quantitative estimate of drug-likeness (QED) is 0.754. The molecule has 78 valence electrons. The fraction of sp³-hybridized carbons (Fsp3) is 0.273. The molecule has 0 bridgehead atoms. The molecule has 0 saturated heterocycles. The topological polar surface area (TPSA) is 62.1 Å². The third-order valence-corrected chi connectivity index (χ3v) is 1.99. The number of aryl methyl sites for hydroxylation is 1. The summed E-state index contributed by atoms with van der Waals surface area (Å²) in [5, 5.41) is 10.8. The smallest absolute Gasteiger partial charge is 0.252 e. The van der Waals surface area contributed by atoms with Gasteiger partial charge in [0.15, 0.2) is 0 Å². The number of hydrogen-bond acceptors (Lipinski definition) is 3. The Hall–Kier alpha value is -2.02. The van der Waals surface area contributed by atoms with Crippen molar-refractivity contribution in [3.05, 3.63) is 29.3 Å². The highest BCUT2D eigenvalue weighted by Crippen LogP contribution is 2.18. The summed E-state index contributed by atoms with van der Waals surface area (Å²) >= 11 is 0. The van der Waals surface area contributed by atoms with Gasteiger partial charge in [0.2, 0.25) is 0 Å². The van der Waals surface area contributed by atoms with Crippen LogP contribution in [0, 0.1) is 18.3 Å². The second-order valence-electron chi connectivity index (χ2n) is 3.03. The minimum Gasteiger partial charge on any atom is -0.496 e. The van der Waals surface area contributed by atoms with E-state index in [2.05, 4.69) is 5.32 Å². The van der Waals surface area contributed by atoms with Crippen LogP contribution in [0.3, 0.4) is 0 Å². The van der Waals surface area contributed by atoms with Crippen molar-refractivity contribution >= 4 is 5.91 Å². The van der Waals surface area contributed by atoms with Crippen LogP contribution in [-0.4, -0.2) is 19.6 Å². The van der Waals surface area contributed by atoms with Crippen molar-refractivity contribution < 1.29 is 9.53 Å². The maximum atomic E-state index is 11.5. The first-order valence-corrected chi connectivity index (χ1v) is 4.49. The molecule has 1 aromatic carbocycles. The summed E-state index contributed by atoms with van der Waals surface area (Å²) in [7, 11) is 1.58. The molecule has 0 aliphatic carbocycles. The second kappa shape index (κ2) is 5.01. The van der Waals surface area contributed by atoms with Gasteiger partial charge in [0.25, 0.3) is 5.91 Å². The van der Waals surface area contributed by atoms with Crippen molar-refractivity contribution in [1.29, 1.82) is 5.26 Å². The van der Waals surface area contributed by atoms with E-state index in [4.69, 9.17) is 10.00 Å². The van der Waals surface area contributed by atoms with Gasteiger partial charge in [-0.15, -0.1) is 0 Å². The van der Waals surface area contributed by atoms with E-state index in [9.17, 15) is 4.79 Å². The minimum atomic E-state index is -0.248. The normalized spacial score (nSPS) is 9.13. The van der Waals surface area contributed by atoms with Crippen LogP contribution in [-0.2, 0) is 0 Å². The Labute approximate surface area is 88.5 Å². The average Bonchev–Trinajstić information content (AvgIpc) is 2.25. The molecule has 0 heterocycles. The maximum absolute atomic E-state index is 11.5. The number of nitriles is 1. The summed E-state index contributed by atoms with van der Waals surface area (Å²) in [6, 6.07) is 6.97. The summed E-state index contributed by atoms with van der Waals surface area (Å²) in [6.07, 6.45) is 0. The first kappa shape index (κ1) is 11.1. The summed E-state index contributed by atoms with van der Waals surface area (Å²) in [5.74, 6) is 0.495. The Morgan fingerprint density at radius 2 is 2.33 bits per heavy atom. The molecule has 0 aromatic heterocycles. The van der Waals surface area contributed by atoms with Gasteiger partial charge in [-0.2, -0.15) is 5.26 Å². The van der Waals surface area contributed by atoms with Crippen molar-refractivity contribution in [3.63, 3.8) is 0 Å². The molecule has 0 unspecified atom stereocenters. The number of hydrogen-bond donors (Lipinski definition) is 1. The predicted octanol–water partition coefficient (Wildman–Crippen LogP) is 1.26. The molecule has 4 heteroatoms. The fourth-order valence-corrected chi connectivity index (χ4v) is 1.24. The molecule has 0 radical (unpaired) electrons. The lowest BCUT2D eigenvalue weighted by Crippen LogP contribution is -2.23. The zero-order valence-corrected chi connectivity index (χ0v) is 8.70. The van der Waals surface area contributed by atoms with E-state index in [1.165, 1.54) is 0 Å². The number of rotatable bonds is 3. The van der Waals surface area contributed by atoms with Crippen molar-refractivity contribution in [2.45, 2.75) is 6.92 Å². The zero-order valence-electron chi connectivity index (χ0n) is 8.70. The van der Waals surface area contributed by atoms with Crippen LogP contribution in [0.4, 0.5) is 0 Å². The molecule has 1 aromatic rings. The predicted molar refractivity (Wildman–Crippen MR) is 55.7 cm³/mol. The lowest BCUT2D eigenvalue weighted by Gasteiger charge is -2.06. The average molecular weight is 204 g/mol. The number of methoxy groups -OCH3 is 1. The Balaban J connectivity index is 2.84. The molecular weight excluding hydrogens is 192 g/mol. The van der Waals surface area contributed by atoms with Gasteiger partial charge < -0.3 is 10.1 Å². The van der Waals surface area contributed by atoms with Crippen molar-refractivity contribution in [1.82, 2.24) is 5.32 Å². The van der Waals surface area contributed by atoms with Gasteiger partial charge in [-0.1, -0.05) is 0 Å². The third kappa shape index (κ3) is 2.71. The van der Waals surface area contributed by atoms with Gasteiger partial charge >= 0.3 is 0 Å². The number of ether oxygens (including phenoxy) is 1. The number of amides is 1. The fourth-order valence-electron chi connectivity index (χ4n) is 1.24. The molecule has 15 heavy (non-hydrogen) atoms. The molecule has 0 spiro atoms. The van der Waals surface area contributed by atoms with Gasteiger partial charge in [-0.3, -0.25) is 4.79 Å². The van der Waals surface area contributed by atoms with Gasteiger partial charge in [-0.05, 0) is 30.7 Å². The Bertz CT molecular complexity index is 408. The molecule has 0 fully saturated rings. The minimum absolute atomic E-state index is 0.0178. The third-order valence-electron chi connectivity index (χ3n) is 1.99. The van der Waals surface area contributed by atoms with Gasteiger partial charge in [0, 0.05) is 5.56 Å². The second-order valence-corrected chi connectivity index (χ2v) is 3.03. The van der Waals surface area contributed by atoms with Crippen LogP contribution in [0.5, 0.6) is 5.75 Å². The molecule has 0 saturated carbocycles. The first-order chi connectivity index (χ1) is 7.19. The lowest BCUT2D eigenvalue weighted by molar-refractivity contribution is 0.0958. The summed E-state index contributed by atoms with van der Waals surface area (Å²) in [6.45, 7) is 1.88. The number of nitrogens with one attached hydrogen (secondary N) is 1. The highest BCUT2D eigenvalue weighted by molar-refractivity contribution is 5.94. The van der Waals surface area contributed by atoms with E-state index in [0.29, 0.717) is 5.56 Å². The van der Waals surface area contributed by atoms with Crippen molar-refractivity contribution in [3.8, 4) is 11.8 Å². The summed E-state index contributed by atoms with van der Waals surface area (Å²) in [4.78, 5) is 11.5. The summed E-state index contributed by atoms with van der Waals surface area (Å²) in [5.41, 5.74) is 1.42. The largest absolute Gasteiger partial charge is 0.496 e. The highest BCUT2D eigenvalue weighted by atomic mass is 16.5. The SMILES string of the molecule is COc1ccc(C(=O)NCC#N)cc1C. The van der Waals surface area contributed by atoms with E-state index in [1.807, 2.05) is 13.0 Å². The van der Waals surface area contributed by atoms with Gasteiger partial charge in [0.05, 0.1) is 13.2 Å². The van der Waals surface area contributed by atoms with E-state index in [-0.39, 0.29) is 12.5 Å². The molecular formula is C11H12N2O2. The monoisotopic (exact) mass is 204 g/mol. The molecule has 0 aliphatic rings.